The van der Waals surface area contributed by atoms with Gasteiger partial charge in [-0.2, -0.15) is 0 Å². The maximum absolute atomic E-state index is 14.5. The summed E-state index contributed by atoms with van der Waals surface area (Å²) >= 11 is 0. The Morgan fingerprint density at radius 2 is 1.39 bits per heavy atom. The summed E-state index contributed by atoms with van der Waals surface area (Å²) in [6.07, 6.45) is 0.982. The number of nitrogens with zero attached hydrogens (tertiary/aromatic N) is 1. The standard InChI is InChI=1S/C21H18FN/c22-20-13-7-6-12-19(20)21-18-11-5-4-8-16(18)14-15-23(21)17-9-2-1-3-10-17/h1-13,21H,14-15H2. The summed E-state index contributed by atoms with van der Waals surface area (Å²) in [5, 5.41) is 0. The van der Waals surface area contributed by atoms with Crippen LogP contribution in [0.15, 0.2) is 78.9 Å². The van der Waals surface area contributed by atoms with Crippen molar-refractivity contribution >= 4 is 5.69 Å². The molecule has 0 aliphatic carbocycles. The number of hydrogen-bond acceptors (Lipinski definition) is 1. The highest BCUT2D eigenvalue weighted by atomic mass is 19.1. The molecule has 0 N–H and O–H groups in total. The minimum absolute atomic E-state index is 0.0800. The highest BCUT2D eigenvalue weighted by Crippen LogP contribution is 2.38. The number of halogens is 1. The zero-order valence-corrected chi connectivity index (χ0v) is 12.8. The lowest BCUT2D eigenvalue weighted by Gasteiger charge is -2.39. The van der Waals surface area contributed by atoms with Crippen molar-refractivity contribution in [1.29, 1.82) is 0 Å². The van der Waals surface area contributed by atoms with E-state index in [0.29, 0.717) is 0 Å². The van der Waals surface area contributed by atoms with Crippen LogP contribution in [0.5, 0.6) is 0 Å². The molecule has 1 atom stereocenters. The van der Waals surface area contributed by atoms with Crippen molar-refractivity contribution in [2.45, 2.75) is 12.5 Å². The minimum atomic E-state index is -0.143. The first-order chi connectivity index (χ1) is 11.3. The molecule has 3 aromatic carbocycles. The molecule has 0 radical (unpaired) electrons. The molecule has 4 rings (SSSR count). The molecule has 0 aromatic heterocycles. The third-order valence-electron chi connectivity index (χ3n) is 4.57. The molecule has 23 heavy (non-hydrogen) atoms. The molecule has 3 aromatic rings. The van der Waals surface area contributed by atoms with Gasteiger partial charge in [0.25, 0.3) is 0 Å². The largest absolute Gasteiger partial charge is 0.360 e. The average molecular weight is 303 g/mol. The number of anilines is 1. The molecular formula is C21H18FN. The molecule has 0 fully saturated rings. The van der Waals surface area contributed by atoms with E-state index in [1.807, 2.05) is 36.4 Å². The van der Waals surface area contributed by atoms with Gasteiger partial charge in [0.05, 0.1) is 6.04 Å². The van der Waals surface area contributed by atoms with E-state index in [1.54, 1.807) is 12.1 Å². The molecule has 114 valence electrons. The van der Waals surface area contributed by atoms with E-state index in [9.17, 15) is 4.39 Å². The van der Waals surface area contributed by atoms with Crippen LogP contribution in [0.2, 0.25) is 0 Å². The zero-order valence-electron chi connectivity index (χ0n) is 12.8. The van der Waals surface area contributed by atoms with Crippen molar-refractivity contribution in [3.63, 3.8) is 0 Å². The van der Waals surface area contributed by atoms with Crippen molar-refractivity contribution in [1.82, 2.24) is 0 Å². The van der Waals surface area contributed by atoms with Crippen molar-refractivity contribution < 1.29 is 4.39 Å². The van der Waals surface area contributed by atoms with Crippen LogP contribution >= 0.6 is 0 Å². The predicted octanol–water partition coefficient (Wildman–Crippen LogP) is 4.98. The van der Waals surface area contributed by atoms with Crippen LogP contribution in [0.25, 0.3) is 0 Å². The first kappa shape index (κ1) is 14.0. The Hall–Kier alpha value is -2.61. The van der Waals surface area contributed by atoms with Crippen molar-refractivity contribution in [2.24, 2.45) is 0 Å². The van der Waals surface area contributed by atoms with E-state index in [-0.39, 0.29) is 11.9 Å². The molecule has 0 spiro atoms. The number of rotatable bonds is 2. The molecule has 1 heterocycles. The van der Waals surface area contributed by atoms with E-state index < -0.39 is 0 Å². The summed E-state index contributed by atoms with van der Waals surface area (Å²) < 4.78 is 14.5. The SMILES string of the molecule is Fc1ccccc1C1c2ccccc2CCN1c1ccccc1. The number of para-hydroxylation sites is 1. The Kier molecular flexibility index (Phi) is 3.58. The second-order valence-electron chi connectivity index (χ2n) is 5.90. The Labute approximate surface area is 136 Å². The van der Waals surface area contributed by atoms with Crippen LogP contribution in [0.3, 0.4) is 0 Å². The first-order valence-electron chi connectivity index (χ1n) is 7.98. The third-order valence-corrected chi connectivity index (χ3v) is 4.57. The minimum Gasteiger partial charge on any atom is -0.360 e. The van der Waals surface area contributed by atoms with Gasteiger partial charge in [-0.1, -0.05) is 60.7 Å². The summed E-state index contributed by atoms with van der Waals surface area (Å²) in [5.74, 6) is -0.143. The van der Waals surface area contributed by atoms with E-state index in [4.69, 9.17) is 0 Å². The lowest BCUT2D eigenvalue weighted by Crippen LogP contribution is -2.36. The van der Waals surface area contributed by atoms with Gasteiger partial charge in [0.15, 0.2) is 0 Å². The molecule has 0 saturated carbocycles. The van der Waals surface area contributed by atoms with Crippen molar-refractivity contribution in [2.75, 3.05) is 11.4 Å². The fraction of sp³-hybridized carbons (Fsp3) is 0.143. The molecule has 2 heteroatoms. The smallest absolute Gasteiger partial charge is 0.128 e. The summed E-state index contributed by atoms with van der Waals surface area (Å²) in [4.78, 5) is 2.31. The topological polar surface area (TPSA) is 3.24 Å². The van der Waals surface area contributed by atoms with Crippen LogP contribution < -0.4 is 4.90 Å². The van der Waals surface area contributed by atoms with E-state index in [0.717, 1.165) is 24.2 Å². The fourth-order valence-electron chi connectivity index (χ4n) is 3.50. The van der Waals surface area contributed by atoms with Gasteiger partial charge in [-0.3, -0.25) is 0 Å². The zero-order chi connectivity index (χ0) is 15.6. The normalized spacial score (nSPS) is 16.9. The maximum atomic E-state index is 14.5. The average Bonchev–Trinajstić information content (AvgIpc) is 2.62. The van der Waals surface area contributed by atoms with E-state index in [1.165, 1.54) is 11.1 Å². The molecule has 0 saturated heterocycles. The van der Waals surface area contributed by atoms with Gasteiger partial charge in [-0.05, 0) is 35.7 Å². The van der Waals surface area contributed by atoms with Gasteiger partial charge >= 0.3 is 0 Å². The third kappa shape index (κ3) is 2.50. The molecule has 1 unspecified atom stereocenters. The monoisotopic (exact) mass is 303 g/mol. The van der Waals surface area contributed by atoms with Gasteiger partial charge in [-0.25, -0.2) is 4.39 Å². The number of hydrogen-bond donors (Lipinski definition) is 0. The first-order valence-corrected chi connectivity index (χ1v) is 7.98. The van der Waals surface area contributed by atoms with Crippen LogP contribution in [0.4, 0.5) is 10.1 Å². The molecule has 0 amide bonds. The Bertz CT molecular complexity index is 813. The van der Waals surface area contributed by atoms with Crippen LogP contribution in [-0.2, 0) is 6.42 Å². The highest BCUT2D eigenvalue weighted by molar-refractivity contribution is 5.55. The molecule has 1 aliphatic heterocycles. The summed E-state index contributed by atoms with van der Waals surface area (Å²) in [6.45, 7) is 0.889. The molecule has 1 aliphatic rings. The second kappa shape index (κ2) is 5.88. The molecule has 0 bridgehead atoms. The van der Waals surface area contributed by atoms with Gasteiger partial charge in [0.1, 0.15) is 5.82 Å². The van der Waals surface area contributed by atoms with Crippen LogP contribution in [0.1, 0.15) is 22.7 Å². The number of benzene rings is 3. The second-order valence-corrected chi connectivity index (χ2v) is 5.90. The quantitative estimate of drug-likeness (QED) is 0.645. The lowest BCUT2D eigenvalue weighted by molar-refractivity contribution is 0.572. The fourth-order valence-corrected chi connectivity index (χ4v) is 3.50. The van der Waals surface area contributed by atoms with Crippen molar-refractivity contribution in [3.8, 4) is 0 Å². The summed E-state index contributed by atoms with van der Waals surface area (Å²) in [6, 6.07) is 25.7. The summed E-state index contributed by atoms with van der Waals surface area (Å²) in [7, 11) is 0. The number of fused-ring (bicyclic) bond motifs is 1. The van der Waals surface area contributed by atoms with Gasteiger partial charge < -0.3 is 4.90 Å². The highest BCUT2D eigenvalue weighted by Gasteiger charge is 2.30. The Morgan fingerprint density at radius 1 is 0.739 bits per heavy atom. The Morgan fingerprint density at radius 3 is 2.17 bits per heavy atom. The van der Waals surface area contributed by atoms with Crippen LogP contribution in [0, 0.1) is 5.82 Å². The molecular weight excluding hydrogens is 285 g/mol. The van der Waals surface area contributed by atoms with Gasteiger partial charge in [0.2, 0.25) is 0 Å². The lowest BCUT2D eigenvalue weighted by atomic mass is 9.87. The summed E-state index contributed by atoms with van der Waals surface area (Å²) in [5.41, 5.74) is 4.39. The van der Waals surface area contributed by atoms with E-state index in [2.05, 4.69) is 35.2 Å². The maximum Gasteiger partial charge on any atom is 0.128 e. The molecule has 1 nitrogen and oxygen atoms in total. The van der Waals surface area contributed by atoms with Crippen molar-refractivity contribution in [3.05, 3.63) is 101 Å². The van der Waals surface area contributed by atoms with Crippen LogP contribution in [-0.4, -0.2) is 6.54 Å². The van der Waals surface area contributed by atoms with Gasteiger partial charge in [0, 0.05) is 17.8 Å². The predicted molar refractivity (Wildman–Crippen MR) is 92.2 cm³/mol. The van der Waals surface area contributed by atoms with Gasteiger partial charge in [-0.15, -0.1) is 0 Å². The van der Waals surface area contributed by atoms with E-state index >= 15 is 0 Å². The Balaban J connectivity index is 1.89.